The van der Waals surface area contributed by atoms with Crippen molar-refractivity contribution in [1.82, 2.24) is 34.4 Å². The lowest BCUT2D eigenvalue weighted by atomic mass is 9.88. The molecule has 0 bridgehead atoms. The van der Waals surface area contributed by atoms with E-state index >= 15 is 0 Å². The molecule has 1 amide bonds. The second-order valence-corrected chi connectivity index (χ2v) is 9.44. The zero-order chi connectivity index (χ0) is 22.4. The summed E-state index contributed by atoms with van der Waals surface area (Å²) in [4.78, 5) is 23.5. The van der Waals surface area contributed by atoms with Crippen LogP contribution in [0.1, 0.15) is 6.42 Å². The number of sulfonamides is 1. The summed E-state index contributed by atoms with van der Waals surface area (Å²) >= 11 is 0. The van der Waals surface area contributed by atoms with Gasteiger partial charge in [0.2, 0.25) is 15.9 Å². The third-order valence-corrected chi connectivity index (χ3v) is 6.28. The molecule has 3 aromatic heterocycles. The molecule has 31 heavy (non-hydrogen) atoms. The van der Waals surface area contributed by atoms with Crippen LogP contribution < -0.4 is 5.32 Å². The van der Waals surface area contributed by atoms with Crippen LogP contribution in [0, 0.1) is 0 Å². The van der Waals surface area contributed by atoms with Crippen LogP contribution in [0.3, 0.4) is 0 Å². The zero-order valence-electron chi connectivity index (χ0n) is 16.2. The predicted octanol–water partition coefficient (Wildman–Crippen LogP) is 0.860. The van der Waals surface area contributed by atoms with Gasteiger partial charge in [-0.2, -0.15) is 22.6 Å². The number of carbonyl (C=O) groups excluding carboxylic acids is 1. The number of hydrogen-bond acceptors (Lipinski definition) is 6. The molecule has 14 heteroatoms. The van der Waals surface area contributed by atoms with E-state index in [-0.39, 0.29) is 19.5 Å². The van der Waals surface area contributed by atoms with Crippen molar-refractivity contribution in [3.8, 4) is 11.3 Å². The van der Waals surface area contributed by atoms with Crippen LogP contribution in [-0.2, 0) is 20.4 Å². The maximum atomic E-state index is 12.4. The highest BCUT2D eigenvalue weighted by Gasteiger charge is 2.50. The first-order valence-corrected chi connectivity index (χ1v) is 10.9. The van der Waals surface area contributed by atoms with Gasteiger partial charge in [-0.1, -0.05) is 0 Å². The number of amides is 1. The molecular formula is C17H18F3N7O3S. The molecule has 2 N–H and O–H groups in total. The molecule has 166 valence electrons. The van der Waals surface area contributed by atoms with Crippen molar-refractivity contribution in [2.24, 2.45) is 0 Å². The molecule has 0 aromatic carbocycles. The van der Waals surface area contributed by atoms with Gasteiger partial charge >= 0.3 is 6.18 Å². The molecular weight excluding hydrogens is 439 g/mol. The van der Waals surface area contributed by atoms with Crippen molar-refractivity contribution in [2.75, 3.05) is 25.9 Å². The van der Waals surface area contributed by atoms with Gasteiger partial charge in [0.1, 0.15) is 18.5 Å². The minimum Gasteiger partial charge on any atom is -0.347 e. The Morgan fingerprint density at radius 3 is 2.74 bits per heavy atom. The number of H-pyrrole nitrogens is 1. The van der Waals surface area contributed by atoms with Crippen molar-refractivity contribution in [3.63, 3.8) is 0 Å². The third kappa shape index (κ3) is 4.25. The fraction of sp³-hybridized carbons (Fsp3) is 0.412. The van der Waals surface area contributed by atoms with Crippen LogP contribution in [0.2, 0.25) is 0 Å². The molecule has 0 saturated carbocycles. The van der Waals surface area contributed by atoms with Gasteiger partial charge in [-0.05, 0) is 6.07 Å². The van der Waals surface area contributed by atoms with E-state index in [0.717, 1.165) is 15.9 Å². The number of alkyl halides is 3. The van der Waals surface area contributed by atoms with Gasteiger partial charge in [-0.25, -0.2) is 18.4 Å². The summed E-state index contributed by atoms with van der Waals surface area (Å²) in [5, 5.41) is 6.85. The number of nitrogens with one attached hydrogen (secondary N) is 2. The number of carbonyl (C=O) groups is 1. The topological polar surface area (TPSA) is 126 Å². The van der Waals surface area contributed by atoms with Gasteiger partial charge in [-0.15, -0.1) is 0 Å². The van der Waals surface area contributed by atoms with Gasteiger partial charge in [-0.3, -0.25) is 9.48 Å². The molecule has 4 heterocycles. The fourth-order valence-corrected chi connectivity index (χ4v) is 4.50. The zero-order valence-corrected chi connectivity index (χ0v) is 17.0. The quantitative estimate of drug-likeness (QED) is 0.566. The van der Waals surface area contributed by atoms with E-state index in [2.05, 4.69) is 20.1 Å². The highest BCUT2D eigenvalue weighted by molar-refractivity contribution is 7.88. The Balaban J connectivity index is 1.62. The molecule has 0 atom stereocenters. The minimum absolute atomic E-state index is 0.0876. The van der Waals surface area contributed by atoms with Crippen LogP contribution in [0.25, 0.3) is 22.3 Å². The number of nitrogens with zero attached hydrogens (tertiary/aromatic N) is 5. The summed E-state index contributed by atoms with van der Waals surface area (Å²) in [7, 11) is -3.53. The molecule has 4 rings (SSSR count). The molecule has 0 aliphatic carbocycles. The molecule has 0 unspecified atom stereocenters. The molecule has 3 aromatic rings. The van der Waals surface area contributed by atoms with Crippen molar-refractivity contribution >= 4 is 27.0 Å². The Bertz CT molecular complexity index is 1230. The molecule has 1 aliphatic heterocycles. The summed E-state index contributed by atoms with van der Waals surface area (Å²) in [5.41, 5.74) is 0.681. The summed E-state index contributed by atoms with van der Waals surface area (Å²) in [6.07, 6.45) is 2.31. The SMILES string of the molecule is CS(=O)(=O)N1CC(CC(=O)NCC(F)(F)F)(n2cc(-c3ncnc4[nH]ccc34)cn2)C1. The maximum absolute atomic E-state index is 12.4. The number of rotatable bonds is 6. The Labute approximate surface area is 174 Å². The van der Waals surface area contributed by atoms with Crippen molar-refractivity contribution in [2.45, 2.75) is 18.1 Å². The normalized spacial score (nSPS) is 16.9. The lowest BCUT2D eigenvalue weighted by Gasteiger charge is -2.48. The first-order chi connectivity index (χ1) is 14.5. The maximum Gasteiger partial charge on any atom is 0.405 e. The summed E-state index contributed by atoms with van der Waals surface area (Å²) < 4.78 is 63.6. The summed E-state index contributed by atoms with van der Waals surface area (Å²) in [5.74, 6) is -0.849. The van der Waals surface area contributed by atoms with E-state index in [1.165, 1.54) is 17.2 Å². The van der Waals surface area contributed by atoms with E-state index in [9.17, 15) is 26.4 Å². The van der Waals surface area contributed by atoms with E-state index in [1.807, 2.05) is 5.32 Å². The molecule has 0 radical (unpaired) electrons. The van der Waals surface area contributed by atoms with Crippen molar-refractivity contribution in [1.29, 1.82) is 0 Å². The number of halogens is 3. The monoisotopic (exact) mass is 457 g/mol. The van der Waals surface area contributed by atoms with Crippen molar-refractivity contribution < 1.29 is 26.4 Å². The van der Waals surface area contributed by atoms with Crippen molar-refractivity contribution in [3.05, 3.63) is 31.0 Å². The van der Waals surface area contributed by atoms with Gasteiger partial charge < -0.3 is 10.3 Å². The second-order valence-electron chi connectivity index (χ2n) is 7.46. The van der Waals surface area contributed by atoms with Gasteiger partial charge in [0.15, 0.2) is 0 Å². The minimum atomic E-state index is -4.55. The molecule has 10 nitrogen and oxygen atoms in total. The largest absolute Gasteiger partial charge is 0.405 e. The second kappa shape index (κ2) is 7.30. The Hall–Kier alpha value is -3.00. The average Bonchev–Trinajstić information content (AvgIpc) is 3.30. The van der Waals surface area contributed by atoms with Crippen LogP contribution in [-0.4, -0.2) is 75.4 Å². The van der Waals surface area contributed by atoms with E-state index < -0.39 is 34.2 Å². The Kier molecular flexibility index (Phi) is 5.00. The Morgan fingerprint density at radius 2 is 2.06 bits per heavy atom. The van der Waals surface area contributed by atoms with E-state index in [1.54, 1.807) is 18.5 Å². The fourth-order valence-electron chi connectivity index (χ4n) is 3.55. The lowest BCUT2D eigenvalue weighted by Crippen LogP contribution is -2.65. The number of fused-ring (bicyclic) bond motifs is 1. The molecule has 1 fully saturated rings. The predicted molar refractivity (Wildman–Crippen MR) is 103 cm³/mol. The van der Waals surface area contributed by atoms with Crippen LogP contribution in [0.5, 0.6) is 0 Å². The molecule has 1 saturated heterocycles. The number of hydrogen-bond donors (Lipinski definition) is 2. The van der Waals surface area contributed by atoms with E-state index in [0.29, 0.717) is 16.9 Å². The summed E-state index contributed by atoms with van der Waals surface area (Å²) in [6, 6.07) is 1.79. The number of aromatic nitrogens is 5. The Morgan fingerprint density at radius 1 is 1.32 bits per heavy atom. The summed E-state index contributed by atoms with van der Waals surface area (Å²) in [6.45, 7) is -1.64. The van der Waals surface area contributed by atoms with Crippen LogP contribution >= 0.6 is 0 Å². The van der Waals surface area contributed by atoms with Crippen LogP contribution in [0.15, 0.2) is 31.0 Å². The van der Waals surface area contributed by atoms with Crippen LogP contribution in [0.4, 0.5) is 13.2 Å². The number of aromatic amines is 1. The highest BCUT2D eigenvalue weighted by Crippen LogP contribution is 2.35. The first kappa shape index (κ1) is 21.2. The lowest BCUT2D eigenvalue weighted by molar-refractivity contribution is -0.140. The smallest absolute Gasteiger partial charge is 0.347 e. The van der Waals surface area contributed by atoms with E-state index in [4.69, 9.17) is 0 Å². The van der Waals surface area contributed by atoms with Gasteiger partial charge in [0.25, 0.3) is 0 Å². The standard InChI is InChI=1S/C17H18F3N7O3S/c1-31(29,30)26-8-16(9-26,4-13(28)22-7-17(18,19)20)27-6-11(5-25-27)14-12-2-3-21-15(12)24-10-23-14/h2-3,5-6,10H,4,7-9H2,1H3,(H,22,28)(H,21,23,24). The highest BCUT2D eigenvalue weighted by atomic mass is 32.2. The molecule has 1 aliphatic rings. The average molecular weight is 457 g/mol. The van der Waals surface area contributed by atoms with Gasteiger partial charge in [0.05, 0.1) is 30.1 Å². The molecule has 0 spiro atoms. The van der Waals surface area contributed by atoms with Gasteiger partial charge in [0, 0.05) is 36.4 Å². The third-order valence-electron chi connectivity index (χ3n) is 5.08. The first-order valence-electron chi connectivity index (χ1n) is 9.09.